The zero-order valence-corrected chi connectivity index (χ0v) is 14.4. The number of rotatable bonds is 8. The summed E-state index contributed by atoms with van der Waals surface area (Å²) in [7, 11) is 0. The standard InChI is InChI=1S/C21H22N2O3/c24-20(23-19(21(25)26)13-15-7-2-1-3-8-15)12-6-9-16-14-22-18-11-5-4-10-17(16)18/h1-5,7-8,10-11,14,19,22H,6,9,12-13H2,(H,23,24)(H,25,26)/p-1/t19-/m0/s1. The molecule has 1 atom stereocenters. The summed E-state index contributed by atoms with van der Waals surface area (Å²) in [5.41, 5.74) is 3.08. The number of hydrogen-bond donors (Lipinski definition) is 2. The van der Waals surface area contributed by atoms with Crippen molar-refractivity contribution in [2.45, 2.75) is 31.7 Å². The number of aliphatic carboxylic acids is 1. The van der Waals surface area contributed by atoms with Crippen molar-refractivity contribution in [2.24, 2.45) is 0 Å². The number of amides is 1. The molecule has 1 aromatic heterocycles. The van der Waals surface area contributed by atoms with Gasteiger partial charge in [0.05, 0.1) is 12.0 Å². The Hall–Kier alpha value is -3.08. The van der Waals surface area contributed by atoms with Gasteiger partial charge >= 0.3 is 0 Å². The van der Waals surface area contributed by atoms with Crippen LogP contribution in [0.2, 0.25) is 0 Å². The Bertz CT molecular complexity index is 886. The van der Waals surface area contributed by atoms with Crippen molar-refractivity contribution in [1.82, 2.24) is 10.3 Å². The Labute approximate surface area is 152 Å². The molecule has 0 spiro atoms. The lowest BCUT2D eigenvalue weighted by Crippen LogP contribution is -2.49. The fourth-order valence-electron chi connectivity index (χ4n) is 3.09. The van der Waals surface area contributed by atoms with E-state index >= 15 is 0 Å². The molecule has 0 saturated heterocycles. The van der Waals surface area contributed by atoms with E-state index in [1.165, 1.54) is 0 Å². The fourth-order valence-corrected chi connectivity index (χ4v) is 3.09. The minimum Gasteiger partial charge on any atom is -0.548 e. The number of benzene rings is 2. The second-order valence-corrected chi connectivity index (χ2v) is 6.34. The predicted octanol–water partition coefficient (Wildman–Crippen LogP) is 1.97. The number of H-pyrrole nitrogens is 1. The summed E-state index contributed by atoms with van der Waals surface area (Å²) in [6.45, 7) is 0. The van der Waals surface area contributed by atoms with Gasteiger partial charge in [0, 0.05) is 23.5 Å². The van der Waals surface area contributed by atoms with Crippen molar-refractivity contribution in [3.05, 3.63) is 71.9 Å². The summed E-state index contributed by atoms with van der Waals surface area (Å²) < 4.78 is 0. The summed E-state index contributed by atoms with van der Waals surface area (Å²) >= 11 is 0. The maximum atomic E-state index is 12.1. The van der Waals surface area contributed by atoms with Crippen LogP contribution >= 0.6 is 0 Å². The first-order valence-electron chi connectivity index (χ1n) is 8.72. The molecule has 0 radical (unpaired) electrons. The van der Waals surface area contributed by atoms with E-state index in [2.05, 4.69) is 10.3 Å². The largest absolute Gasteiger partial charge is 0.548 e. The Morgan fingerprint density at radius 1 is 1.04 bits per heavy atom. The van der Waals surface area contributed by atoms with Crippen LogP contribution in [0.5, 0.6) is 0 Å². The van der Waals surface area contributed by atoms with E-state index in [1.807, 2.05) is 60.8 Å². The molecule has 1 heterocycles. The van der Waals surface area contributed by atoms with Gasteiger partial charge in [0.25, 0.3) is 0 Å². The van der Waals surface area contributed by atoms with E-state index in [0.29, 0.717) is 6.42 Å². The average Bonchev–Trinajstić information content (AvgIpc) is 3.05. The first-order valence-corrected chi connectivity index (χ1v) is 8.72. The number of aryl methyl sites for hydroxylation is 1. The van der Waals surface area contributed by atoms with Gasteiger partial charge in [-0.05, 0) is 36.5 Å². The molecular formula is C21H21N2O3-. The van der Waals surface area contributed by atoms with Gasteiger partial charge in [0.15, 0.2) is 0 Å². The van der Waals surface area contributed by atoms with Gasteiger partial charge in [-0.1, -0.05) is 48.5 Å². The minimum atomic E-state index is -1.26. The highest BCUT2D eigenvalue weighted by atomic mass is 16.4. The Morgan fingerprint density at radius 2 is 1.77 bits per heavy atom. The van der Waals surface area contributed by atoms with Crippen molar-refractivity contribution >= 4 is 22.8 Å². The molecule has 5 heteroatoms. The summed E-state index contributed by atoms with van der Waals surface area (Å²) in [5, 5.41) is 15.0. The molecule has 1 amide bonds. The fraction of sp³-hybridized carbons (Fsp3) is 0.238. The molecule has 0 aliphatic heterocycles. The average molecular weight is 349 g/mol. The zero-order valence-electron chi connectivity index (χ0n) is 14.4. The molecule has 3 rings (SSSR count). The molecule has 134 valence electrons. The topological polar surface area (TPSA) is 85.0 Å². The monoisotopic (exact) mass is 349 g/mol. The van der Waals surface area contributed by atoms with Gasteiger partial charge in [-0.3, -0.25) is 4.79 Å². The third kappa shape index (κ3) is 4.51. The van der Waals surface area contributed by atoms with E-state index in [0.717, 1.165) is 28.5 Å². The highest BCUT2D eigenvalue weighted by Gasteiger charge is 2.14. The summed E-state index contributed by atoms with van der Waals surface area (Å²) in [5.74, 6) is -1.53. The van der Waals surface area contributed by atoms with Gasteiger partial charge in [0.1, 0.15) is 0 Å². The van der Waals surface area contributed by atoms with E-state index in [9.17, 15) is 14.7 Å². The van der Waals surface area contributed by atoms with Crippen molar-refractivity contribution in [1.29, 1.82) is 0 Å². The maximum Gasteiger partial charge on any atom is 0.220 e. The molecule has 0 fully saturated rings. The van der Waals surface area contributed by atoms with Gasteiger partial charge in [0.2, 0.25) is 5.91 Å². The molecule has 0 saturated carbocycles. The van der Waals surface area contributed by atoms with Crippen LogP contribution in [0.3, 0.4) is 0 Å². The number of carboxylic acid groups (broad SMARTS) is 1. The number of carboxylic acids is 1. The number of carbonyl (C=O) groups is 2. The Kier molecular flexibility index (Phi) is 5.69. The number of aromatic amines is 1. The molecule has 0 aliphatic rings. The number of para-hydroxylation sites is 1. The normalized spacial score (nSPS) is 12.0. The maximum absolute atomic E-state index is 12.1. The zero-order chi connectivity index (χ0) is 18.4. The van der Waals surface area contributed by atoms with Crippen molar-refractivity contribution < 1.29 is 14.7 Å². The second-order valence-electron chi connectivity index (χ2n) is 6.34. The van der Waals surface area contributed by atoms with E-state index < -0.39 is 12.0 Å². The lowest BCUT2D eigenvalue weighted by molar-refractivity contribution is -0.308. The third-order valence-corrected chi connectivity index (χ3v) is 4.43. The van der Waals surface area contributed by atoms with Gasteiger partial charge in [-0.2, -0.15) is 0 Å². The van der Waals surface area contributed by atoms with Crippen LogP contribution in [0.4, 0.5) is 0 Å². The van der Waals surface area contributed by atoms with Crippen LogP contribution in [-0.2, 0) is 22.4 Å². The summed E-state index contributed by atoms with van der Waals surface area (Å²) in [6, 6.07) is 16.2. The molecular weight excluding hydrogens is 328 g/mol. The quantitative estimate of drug-likeness (QED) is 0.652. The highest BCUT2D eigenvalue weighted by Crippen LogP contribution is 2.19. The molecule has 26 heavy (non-hydrogen) atoms. The molecule has 3 aromatic rings. The molecule has 0 aliphatic carbocycles. The van der Waals surface area contributed by atoms with Gasteiger partial charge in [-0.15, -0.1) is 0 Å². The number of nitrogens with one attached hydrogen (secondary N) is 2. The molecule has 0 bridgehead atoms. The summed E-state index contributed by atoms with van der Waals surface area (Å²) in [6.07, 6.45) is 3.86. The van der Waals surface area contributed by atoms with Crippen LogP contribution in [0.15, 0.2) is 60.8 Å². The van der Waals surface area contributed by atoms with Gasteiger partial charge < -0.3 is 20.2 Å². The highest BCUT2D eigenvalue weighted by molar-refractivity contribution is 5.84. The molecule has 2 aromatic carbocycles. The molecule has 5 nitrogen and oxygen atoms in total. The van der Waals surface area contributed by atoms with E-state index in [1.54, 1.807) is 0 Å². The Morgan fingerprint density at radius 3 is 2.54 bits per heavy atom. The second kappa shape index (κ2) is 8.34. The first kappa shape index (κ1) is 17.7. The van der Waals surface area contributed by atoms with Crippen molar-refractivity contribution in [2.75, 3.05) is 0 Å². The van der Waals surface area contributed by atoms with Crippen LogP contribution in [0.25, 0.3) is 10.9 Å². The number of fused-ring (bicyclic) bond motifs is 1. The van der Waals surface area contributed by atoms with Crippen molar-refractivity contribution in [3.8, 4) is 0 Å². The first-order chi connectivity index (χ1) is 12.6. The summed E-state index contributed by atoms with van der Waals surface area (Å²) in [4.78, 5) is 26.7. The molecule has 2 N–H and O–H groups in total. The lowest BCUT2D eigenvalue weighted by atomic mass is 10.0. The van der Waals surface area contributed by atoms with Crippen LogP contribution in [0.1, 0.15) is 24.0 Å². The number of carbonyl (C=O) groups excluding carboxylic acids is 2. The molecule has 0 unspecified atom stereocenters. The predicted molar refractivity (Wildman–Crippen MR) is 98.3 cm³/mol. The number of hydrogen-bond acceptors (Lipinski definition) is 3. The van der Waals surface area contributed by atoms with E-state index in [4.69, 9.17) is 0 Å². The smallest absolute Gasteiger partial charge is 0.220 e. The van der Waals surface area contributed by atoms with Crippen LogP contribution in [0, 0.1) is 0 Å². The minimum absolute atomic E-state index is 0.220. The Balaban J connectivity index is 1.51. The third-order valence-electron chi connectivity index (χ3n) is 4.43. The van der Waals surface area contributed by atoms with Crippen LogP contribution in [-0.4, -0.2) is 22.9 Å². The SMILES string of the molecule is O=C(CCCc1c[nH]c2ccccc12)N[C@@H](Cc1ccccc1)C(=O)[O-]. The van der Waals surface area contributed by atoms with Crippen LogP contribution < -0.4 is 10.4 Å². The number of aromatic nitrogens is 1. The van der Waals surface area contributed by atoms with Crippen molar-refractivity contribution in [3.63, 3.8) is 0 Å². The van der Waals surface area contributed by atoms with Gasteiger partial charge in [-0.25, -0.2) is 0 Å². The lowest BCUT2D eigenvalue weighted by Gasteiger charge is -2.19. The van der Waals surface area contributed by atoms with E-state index in [-0.39, 0.29) is 18.7 Å².